The molecule has 184 valence electrons. The first kappa shape index (κ1) is 27.0. The minimum atomic E-state index is 0.302. The predicted octanol–water partition coefficient (Wildman–Crippen LogP) is 6.90. The number of hydrogen-bond donors (Lipinski definition) is 2. The van der Waals surface area contributed by atoms with Crippen molar-refractivity contribution >= 4 is 0 Å². The Kier molecular flexibility index (Phi) is 14.9. The second-order valence-corrected chi connectivity index (χ2v) is 8.43. The van der Waals surface area contributed by atoms with Crippen molar-refractivity contribution < 1.29 is 24.4 Å². The van der Waals surface area contributed by atoms with Crippen molar-refractivity contribution in [2.45, 2.75) is 77.0 Å². The van der Waals surface area contributed by atoms with Crippen LogP contribution >= 0.6 is 0 Å². The molecule has 2 aromatic rings. The van der Waals surface area contributed by atoms with E-state index in [1.807, 2.05) is 48.5 Å². The van der Waals surface area contributed by atoms with Gasteiger partial charge in [0.1, 0.15) is 23.0 Å². The summed E-state index contributed by atoms with van der Waals surface area (Å²) in [4.78, 5) is 0. The third-order valence-corrected chi connectivity index (χ3v) is 5.53. The monoisotopic (exact) mass is 458 g/mol. The van der Waals surface area contributed by atoms with Gasteiger partial charge in [0.25, 0.3) is 0 Å². The molecule has 2 N–H and O–H groups in total. The highest BCUT2D eigenvalue weighted by molar-refractivity contribution is 5.37. The summed E-state index contributed by atoms with van der Waals surface area (Å²) in [6, 6.07) is 15.5. The summed E-state index contributed by atoms with van der Waals surface area (Å²) in [5.74, 6) is 3.28. The lowest BCUT2D eigenvalue weighted by atomic mass is 10.1. The lowest BCUT2D eigenvalue weighted by Gasteiger charge is -2.10. The Morgan fingerprint density at radius 3 is 1.06 bits per heavy atom. The van der Waals surface area contributed by atoms with Crippen LogP contribution in [0.2, 0.25) is 0 Å². The van der Waals surface area contributed by atoms with Crippen molar-refractivity contribution in [2.75, 3.05) is 26.4 Å². The summed E-state index contributed by atoms with van der Waals surface area (Å²) in [6.07, 6.45) is 13.3. The molecule has 0 aromatic heterocycles. The molecular weight excluding hydrogens is 416 g/mol. The maximum absolute atomic E-state index is 8.78. The Morgan fingerprint density at radius 1 is 0.394 bits per heavy atom. The quantitative estimate of drug-likeness (QED) is 0.211. The van der Waals surface area contributed by atoms with Crippen LogP contribution in [0, 0.1) is 0 Å². The second-order valence-electron chi connectivity index (χ2n) is 8.43. The molecule has 2 rings (SSSR count). The first-order valence-corrected chi connectivity index (χ1v) is 12.7. The summed E-state index contributed by atoms with van der Waals surface area (Å²) in [5.41, 5.74) is 0. The van der Waals surface area contributed by atoms with E-state index in [4.69, 9.17) is 24.4 Å². The fourth-order valence-electron chi connectivity index (χ4n) is 3.57. The van der Waals surface area contributed by atoms with Gasteiger partial charge in [0.05, 0.1) is 13.2 Å². The number of hydrogen-bond acceptors (Lipinski definition) is 5. The standard InChI is InChI=1S/C28H42O5/c29-21-9-5-1-3-7-11-23-31-25-13-17-27(18-14-25)33-28-19-15-26(16-20-28)32-24-12-8-4-2-6-10-22-30/h13-20,29-30H,1-12,21-24H2. The molecule has 5 heteroatoms. The molecule has 0 amide bonds. The summed E-state index contributed by atoms with van der Waals surface area (Å²) in [6.45, 7) is 2.06. The molecule has 0 fully saturated rings. The van der Waals surface area contributed by atoms with Gasteiger partial charge >= 0.3 is 0 Å². The van der Waals surface area contributed by atoms with E-state index < -0.39 is 0 Å². The summed E-state index contributed by atoms with van der Waals surface area (Å²) < 4.78 is 17.5. The highest BCUT2D eigenvalue weighted by Gasteiger charge is 2.01. The van der Waals surface area contributed by atoms with E-state index in [2.05, 4.69) is 0 Å². The fraction of sp³-hybridized carbons (Fsp3) is 0.571. The highest BCUT2D eigenvalue weighted by atomic mass is 16.5. The van der Waals surface area contributed by atoms with Crippen LogP contribution in [0.25, 0.3) is 0 Å². The lowest BCUT2D eigenvalue weighted by molar-refractivity contribution is 0.280. The van der Waals surface area contributed by atoms with Crippen LogP contribution in [0.4, 0.5) is 0 Å². The van der Waals surface area contributed by atoms with Gasteiger partial charge in [-0.3, -0.25) is 0 Å². The Balaban J connectivity index is 1.57. The smallest absolute Gasteiger partial charge is 0.127 e. The zero-order chi connectivity index (χ0) is 23.4. The molecule has 0 saturated heterocycles. The van der Waals surface area contributed by atoms with Gasteiger partial charge in [-0.05, 0) is 74.2 Å². The number of benzene rings is 2. The predicted molar refractivity (Wildman–Crippen MR) is 134 cm³/mol. The average molecular weight is 459 g/mol. The van der Waals surface area contributed by atoms with Gasteiger partial charge in [0.2, 0.25) is 0 Å². The third kappa shape index (κ3) is 13.2. The van der Waals surface area contributed by atoms with Gasteiger partial charge < -0.3 is 24.4 Å². The van der Waals surface area contributed by atoms with Gasteiger partial charge in [-0.25, -0.2) is 0 Å². The van der Waals surface area contributed by atoms with Gasteiger partial charge in [0, 0.05) is 13.2 Å². The molecule has 0 heterocycles. The van der Waals surface area contributed by atoms with Crippen LogP contribution < -0.4 is 14.2 Å². The highest BCUT2D eigenvalue weighted by Crippen LogP contribution is 2.26. The Hall–Kier alpha value is -2.24. The molecule has 0 aliphatic rings. The van der Waals surface area contributed by atoms with E-state index in [1.165, 1.54) is 25.7 Å². The van der Waals surface area contributed by atoms with E-state index in [-0.39, 0.29) is 0 Å². The van der Waals surface area contributed by atoms with Crippen molar-refractivity contribution in [3.05, 3.63) is 48.5 Å². The summed E-state index contributed by atoms with van der Waals surface area (Å²) >= 11 is 0. The average Bonchev–Trinajstić information content (AvgIpc) is 2.84. The van der Waals surface area contributed by atoms with E-state index in [9.17, 15) is 0 Å². The lowest BCUT2D eigenvalue weighted by Crippen LogP contribution is -1.97. The molecule has 0 saturated carbocycles. The number of unbranched alkanes of at least 4 members (excludes halogenated alkanes) is 10. The maximum Gasteiger partial charge on any atom is 0.127 e. The van der Waals surface area contributed by atoms with E-state index >= 15 is 0 Å². The van der Waals surface area contributed by atoms with Crippen molar-refractivity contribution in [1.29, 1.82) is 0 Å². The SMILES string of the molecule is OCCCCCCCCOc1ccc(Oc2ccc(OCCCCCCCCO)cc2)cc1. The molecule has 2 aromatic carbocycles. The van der Waals surface area contributed by atoms with Gasteiger partial charge in [0.15, 0.2) is 0 Å². The van der Waals surface area contributed by atoms with Crippen molar-refractivity contribution in [2.24, 2.45) is 0 Å². The van der Waals surface area contributed by atoms with Crippen LogP contribution in [0.3, 0.4) is 0 Å². The van der Waals surface area contributed by atoms with Crippen molar-refractivity contribution in [1.82, 2.24) is 0 Å². The van der Waals surface area contributed by atoms with Crippen LogP contribution in [0.15, 0.2) is 48.5 Å². The zero-order valence-electron chi connectivity index (χ0n) is 20.1. The molecule has 0 unspecified atom stereocenters. The van der Waals surface area contributed by atoms with Gasteiger partial charge in [-0.1, -0.05) is 51.4 Å². The van der Waals surface area contributed by atoms with Crippen LogP contribution in [0.1, 0.15) is 77.0 Å². The molecule has 0 aliphatic heterocycles. The molecule has 0 aliphatic carbocycles. The van der Waals surface area contributed by atoms with Crippen LogP contribution in [0.5, 0.6) is 23.0 Å². The summed E-state index contributed by atoms with van der Waals surface area (Å²) in [7, 11) is 0. The van der Waals surface area contributed by atoms with Gasteiger partial charge in [-0.15, -0.1) is 0 Å². The minimum absolute atomic E-state index is 0.302. The van der Waals surface area contributed by atoms with E-state index in [0.29, 0.717) is 13.2 Å². The Morgan fingerprint density at radius 2 is 0.697 bits per heavy atom. The zero-order valence-corrected chi connectivity index (χ0v) is 20.1. The third-order valence-electron chi connectivity index (χ3n) is 5.53. The molecule has 33 heavy (non-hydrogen) atoms. The molecule has 5 nitrogen and oxygen atoms in total. The number of rotatable bonds is 20. The number of aliphatic hydroxyl groups is 2. The Labute approximate surface area is 199 Å². The molecular formula is C28H42O5. The molecule has 0 atom stereocenters. The molecule has 0 spiro atoms. The van der Waals surface area contributed by atoms with E-state index in [0.717, 1.165) is 87.6 Å². The largest absolute Gasteiger partial charge is 0.494 e. The Bertz CT molecular complexity index is 638. The van der Waals surface area contributed by atoms with Crippen LogP contribution in [-0.2, 0) is 0 Å². The van der Waals surface area contributed by atoms with Crippen molar-refractivity contribution in [3.8, 4) is 23.0 Å². The summed E-state index contributed by atoms with van der Waals surface area (Å²) in [5, 5.41) is 17.6. The maximum atomic E-state index is 8.78. The first-order chi connectivity index (χ1) is 16.3. The first-order valence-electron chi connectivity index (χ1n) is 12.7. The van der Waals surface area contributed by atoms with Crippen LogP contribution in [-0.4, -0.2) is 36.6 Å². The minimum Gasteiger partial charge on any atom is -0.494 e. The number of aliphatic hydroxyl groups excluding tert-OH is 2. The van der Waals surface area contributed by atoms with E-state index in [1.54, 1.807) is 0 Å². The number of ether oxygens (including phenoxy) is 3. The fourth-order valence-corrected chi connectivity index (χ4v) is 3.57. The molecule has 0 bridgehead atoms. The molecule has 0 radical (unpaired) electrons. The normalized spacial score (nSPS) is 10.8. The van der Waals surface area contributed by atoms with Gasteiger partial charge in [-0.2, -0.15) is 0 Å². The second kappa shape index (κ2) is 18.2. The topological polar surface area (TPSA) is 68.2 Å². The van der Waals surface area contributed by atoms with Crippen molar-refractivity contribution in [3.63, 3.8) is 0 Å².